The van der Waals surface area contributed by atoms with Gasteiger partial charge in [0.15, 0.2) is 5.78 Å². The zero-order valence-electron chi connectivity index (χ0n) is 10.0. The maximum absolute atomic E-state index is 13.5. The highest BCUT2D eigenvalue weighted by molar-refractivity contribution is 8.00. The van der Waals surface area contributed by atoms with Crippen LogP contribution in [0.4, 0.5) is 4.39 Å². The minimum atomic E-state index is -0.445. The molecule has 0 saturated carbocycles. The average molecular weight is 260 g/mol. The van der Waals surface area contributed by atoms with Crippen molar-refractivity contribution in [3.05, 3.63) is 65.5 Å². The molecule has 0 saturated heterocycles. The van der Waals surface area contributed by atoms with E-state index in [1.54, 1.807) is 12.1 Å². The van der Waals surface area contributed by atoms with E-state index >= 15 is 0 Å². The zero-order valence-corrected chi connectivity index (χ0v) is 10.8. The molecule has 0 aliphatic carbocycles. The van der Waals surface area contributed by atoms with Crippen LogP contribution >= 0.6 is 11.8 Å². The van der Waals surface area contributed by atoms with Crippen LogP contribution in [-0.2, 0) is 0 Å². The van der Waals surface area contributed by atoms with Gasteiger partial charge in [0.25, 0.3) is 0 Å². The third-order valence-electron chi connectivity index (χ3n) is 2.54. The van der Waals surface area contributed by atoms with E-state index in [1.807, 2.05) is 37.3 Å². The van der Waals surface area contributed by atoms with Crippen LogP contribution < -0.4 is 0 Å². The third-order valence-corrected chi connectivity index (χ3v) is 3.55. The van der Waals surface area contributed by atoms with Gasteiger partial charge in [0.1, 0.15) is 5.82 Å². The van der Waals surface area contributed by atoms with Gasteiger partial charge < -0.3 is 0 Å². The van der Waals surface area contributed by atoms with Gasteiger partial charge in [-0.1, -0.05) is 29.8 Å². The van der Waals surface area contributed by atoms with Crippen molar-refractivity contribution in [2.24, 2.45) is 0 Å². The summed E-state index contributed by atoms with van der Waals surface area (Å²) in [7, 11) is 0. The number of halogens is 1. The van der Waals surface area contributed by atoms with E-state index in [9.17, 15) is 9.18 Å². The van der Waals surface area contributed by atoms with Crippen molar-refractivity contribution >= 4 is 17.5 Å². The van der Waals surface area contributed by atoms with Crippen LogP contribution in [0.3, 0.4) is 0 Å². The monoisotopic (exact) mass is 260 g/mol. The molecular weight excluding hydrogens is 247 g/mol. The summed E-state index contributed by atoms with van der Waals surface area (Å²) in [5.74, 6) is -0.367. The molecule has 18 heavy (non-hydrogen) atoms. The number of carbonyl (C=O) groups is 1. The van der Waals surface area contributed by atoms with Crippen molar-refractivity contribution in [3.63, 3.8) is 0 Å². The van der Waals surface area contributed by atoms with E-state index in [0.29, 0.717) is 0 Å². The van der Waals surface area contributed by atoms with Crippen molar-refractivity contribution < 1.29 is 9.18 Å². The van der Waals surface area contributed by atoms with Crippen molar-refractivity contribution in [3.8, 4) is 0 Å². The maximum Gasteiger partial charge on any atom is 0.176 e. The molecule has 0 fully saturated rings. The van der Waals surface area contributed by atoms with E-state index in [4.69, 9.17) is 0 Å². The number of ketones is 1. The molecule has 0 atom stereocenters. The molecule has 0 aliphatic heterocycles. The zero-order chi connectivity index (χ0) is 13.0. The van der Waals surface area contributed by atoms with Gasteiger partial charge in [-0.3, -0.25) is 4.79 Å². The first-order valence-electron chi connectivity index (χ1n) is 5.64. The normalized spacial score (nSPS) is 10.3. The van der Waals surface area contributed by atoms with Crippen LogP contribution in [0.15, 0.2) is 53.4 Å². The smallest absolute Gasteiger partial charge is 0.176 e. The molecule has 2 aromatic rings. The number of hydrogen-bond donors (Lipinski definition) is 0. The fraction of sp³-hybridized carbons (Fsp3) is 0.133. The Morgan fingerprint density at radius 3 is 2.61 bits per heavy atom. The lowest BCUT2D eigenvalue weighted by atomic mass is 10.1. The number of carbonyl (C=O) groups excluding carboxylic acids is 1. The Morgan fingerprint density at radius 2 is 1.89 bits per heavy atom. The number of benzene rings is 2. The summed E-state index contributed by atoms with van der Waals surface area (Å²) in [6.07, 6.45) is 0. The Kier molecular flexibility index (Phi) is 4.15. The Morgan fingerprint density at radius 1 is 1.17 bits per heavy atom. The summed E-state index contributed by atoms with van der Waals surface area (Å²) in [6, 6.07) is 14.2. The van der Waals surface area contributed by atoms with Crippen LogP contribution in [-0.4, -0.2) is 11.5 Å². The van der Waals surface area contributed by atoms with E-state index < -0.39 is 5.82 Å². The third kappa shape index (κ3) is 3.20. The van der Waals surface area contributed by atoms with E-state index in [-0.39, 0.29) is 17.1 Å². The molecule has 3 heteroatoms. The molecular formula is C15H13FOS. The second-order valence-electron chi connectivity index (χ2n) is 4.01. The molecule has 0 N–H and O–H groups in total. The molecule has 1 nitrogen and oxygen atoms in total. The summed E-state index contributed by atoms with van der Waals surface area (Å²) in [6.45, 7) is 1.85. The number of aryl methyl sites for hydroxylation is 1. The minimum Gasteiger partial charge on any atom is -0.293 e. The van der Waals surface area contributed by atoms with Crippen molar-refractivity contribution in [2.75, 3.05) is 5.75 Å². The molecule has 0 aromatic heterocycles. The number of thioether (sulfide) groups is 1. The van der Waals surface area contributed by atoms with Gasteiger partial charge in [-0.25, -0.2) is 4.39 Å². The molecule has 0 unspecified atom stereocenters. The molecule has 2 aromatic carbocycles. The first-order chi connectivity index (χ1) is 8.66. The lowest BCUT2D eigenvalue weighted by Gasteiger charge is -2.04. The van der Waals surface area contributed by atoms with Crippen LogP contribution in [0.25, 0.3) is 0 Å². The number of hydrogen-bond acceptors (Lipinski definition) is 2. The Hall–Kier alpha value is -1.61. The van der Waals surface area contributed by atoms with Crippen molar-refractivity contribution in [2.45, 2.75) is 11.8 Å². The quantitative estimate of drug-likeness (QED) is 0.608. The predicted molar refractivity (Wildman–Crippen MR) is 72.6 cm³/mol. The molecule has 0 bridgehead atoms. The topological polar surface area (TPSA) is 17.1 Å². The maximum atomic E-state index is 13.5. The second-order valence-corrected chi connectivity index (χ2v) is 5.06. The van der Waals surface area contributed by atoms with Gasteiger partial charge in [-0.2, -0.15) is 0 Å². The Labute approximate surface area is 110 Å². The van der Waals surface area contributed by atoms with Crippen LogP contribution in [0.1, 0.15) is 15.9 Å². The Bertz CT molecular complexity index is 552. The predicted octanol–water partition coefficient (Wildman–Crippen LogP) is 4.11. The molecule has 0 heterocycles. The Balaban J connectivity index is 2.06. The number of Topliss-reactive ketones (excluding diaryl/α,β-unsaturated/α-hetero) is 1. The van der Waals surface area contributed by atoms with Gasteiger partial charge in [0.2, 0.25) is 0 Å². The van der Waals surface area contributed by atoms with Gasteiger partial charge in [-0.15, -0.1) is 11.8 Å². The van der Waals surface area contributed by atoms with Crippen LogP contribution in [0.5, 0.6) is 0 Å². The van der Waals surface area contributed by atoms with E-state index in [1.165, 1.54) is 17.8 Å². The minimum absolute atomic E-state index is 0.176. The van der Waals surface area contributed by atoms with Gasteiger partial charge in [-0.05, 0) is 31.2 Å². The SMILES string of the molecule is Cc1ccc(F)c(C(=O)CSc2ccccc2)c1. The first kappa shape index (κ1) is 12.8. The summed E-state index contributed by atoms with van der Waals surface area (Å²) in [5, 5.41) is 0. The second kappa shape index (κ2) is 5.83. The highest BCUT2D eigenvalue weighted by Crippen LogP contribution is 2.20. The molecule has 0 spiro atoms. The summed E-state index contributed by atoms with van der Waals surface area (Å²) >= 11 is 1.42. The highest BCUT2D eigenvalue weighted by atomic mass is 32.2. The van der Waals surface area contributed by atoms with Crippen molar-refractivity contribution in [1.29, 1.82) is 0 Å². The molecule has 0 amide bonds. The van der Waals surface area contributed by atoms with Crippen molar-refractivity contribution in [1.82, 2.24) is 0 Å². The van der Waals surface area contributed by atoms with Gasteiger partial charge in [0.05, 0.1) is 11.3 Å². The van der Waals surface area contributed by atoms with Gasteiger partial charge >= 0.3 is 0 Å². The van der Waals surface area contributed by atoms with Gasteiger partial charge in [0, 0.05) is 4.90 Å². The summed E-state index contributed by atoms with van der Waals surface area (Å²) in [5.41, 5.74) is 1.07. The number of rotatable bonds is 4. The first-order valence-corrected chi connectivity index (χ1v) is 6.62. The fourth-order valence-electron chi connectivity index (χ4n) is 1.60. The molecule has 0 aliphatic rings. The fourth-order valence-corrected chi connectivity index (χ4v) is 2.40. The molecule has 2 rings (SSSR count). The lowest BCUT2D eigenvalue weighted by molar-refractivity contribution is 0.101. The van der Waals surface area contributed by atoms with E-state index in [2.05, 4.69) is 0 Å². The van der Waals surface area contributed by atoms with Crippen LogP contribution in [0, 0.1) is 12.7 Å². The van der Waals surface area contributed by atoms with E-state index in [0.717, 1.165) is 10.5 Å². The molecule has 92 valence electrons. The largest absolute Gasteiger partial charge is 0.293 e. The highest BCUT2D eigenvalue weighted by Gasteiger charge is 2.12. The summed E-state index contributed by atoms with van der Waals surface area (Å²) < 4.78 is 13.5. The lowest BCUT2D eigenvalue weighted by Crippen LogP contribution is -2.05. The summed E-state index contributed by atoms with van der Waals surface area (Å²) in [4.78, 5) is 12.9. The average Bonchev–Trinajstić information content (AvgIpc) is 2.40. The standard InChI is InChI=1S/C15H13FOS/c1-11-7-8-14(16)13(9-11)15(17)10-18-12-5-3-2-4-6-12/h2-9H,10H2,1H3. The molecule has 0 radical (unpaired) electrons. The van der Waals surface area contributed by atoms with Crippen LogP contribution in [0.2, 0.25) is 0 Å².